The first-order valence-corrected chi connectivity index (χ1v) is 6.86. The van der Waals surface area contributed by atoms with Gasteiger partial charge in [0.15, 0.2) is 0 Å². The molecule has 0 aromatic rings. The fourth-order valence-electron chi connectivity index (χ4n) is 2.58. The van der Waals surface area contributed by atoms with E-state index in [0.29, 0.717) is 5.41 Å². The van der Waals surface area contributed by atoms with Crippen LogP contribution in [0.5, 0.6) is 0 Å². The Kier molecular flexibility index (Phi) is 5.60. The summed E-state index contributed by atoms with van der Waals surface area (Å²) in [6.07, 6.45) is 2.09. The number of carbonyl (C=O) groups excluding carboxylic acids is 1. The summed E-state index contributed by atoms with van der Waals surface area (Å²) in [6.45, 7) is 10.2. The SMILES string of the molecule is CNC(CCN1CCC(C(C)(C)C)C1)C(=O)OC. The second-order valence-electron chi connectivity index (χ2n) is 6.31. The zero-order valence-corrected chi connectivity index (χ0v) is 12.5. The molecule has 2 unspecified atom stereocenters. The Morgan fingerprint density at radius 1 is 1.50 bits per heavy atom. The first kappa shape index (κ1) is 15.4. The molecular formula is C14H28N2O2. The van der Waals surface area contributed by atoms with Crippen LogP contribution in [0.15, 0.2) is 0 Å². The molecule has 0 aromatic heterocycles. The molecule has 1 fully saturated rings. The predicted molar refractivity (Wildman–Crippen MR) is 73.5 cm³/mol. The Hall–Kier alpha value is -0.610. The quantitative estimate of drug-likeness (QED) is 0.757. The molecule has 0 radical (unpaired) electrons. The third-order valence-electron chi connectivity index (χ3n) is 4.07. The van der Waals surface area contributed by atoms with Gasteiger partial charge in [-0.25, -0.2) is 0 Å². The van der Waals surface area contributed by atoms with Crippen molar-refractivity contribution in [2.75, 3.05) is 33.8 Å². The summed E-state index contributed by atoms with van der Waals surface area (Å²) in [5.41, 5.74) is 0.388. The van der Waals surface area contributed by atoms with Crippen molar-refractivity contribution >= 4 is 5.97 Å². The van der Waals surface area contributed by atoms with Crippen molar-refractivity contribution in [2.45, 2.75) is 39.7 Å². The zero-order chi connectivity index (χ0) is 13.8. The maximum Gasteiger partial charge on any atom is 0.322 e. The molecule has 0 amide bonds. The van der Waals surface area contributed by atoms with E-state index in [2.05, 4.69) is 31.0 Å². The Bertz CT molecular complexity index is 273. The smallest absolute Gasteiger partial charge is 0.322 e. The lowest BCUT2D eigenvalue weighted by Gasteiger charge is -2.27. The first-order chi connectivity index (χ1) is 8.38. The van der Waals surface area contributed by atoms with Crippen molar-refractivity contribution in [1.82, 2.24) is 10.2 Å². The first-order valence-electron chi connectivity index (χ1n) is 6.86. The van der Waals surface area contributed by atoms with Gasteiger partial charge in [-0.05, 0) is 37.8 Å². The molecular weight excluding hydrogens is 228 g/mol. The fraction of sp³-hybridized carbons (Fsp3) is 0.929. The lowest BCUT2D eigenvalue weighted by atomic mass is 9.80. The van der Waals surface area contributed by atoms with Gasteiger partial charge in [0.05, 0.1) is 7.11 Å². The number of likely N-dealkylation sites (tertiary alicyclic amines) is 1. The molecule has 1 aliphatic heterocycles. The molecule has 1 aliphatic rings. The van der Waals surface area contributed by atoms with Crippen LogP contribution >= 0.6 is 0 Å². The Morgan fingerprint density at radius 3 is 2.61 bits per heavy atom. The molecule has 0 saturated carbocycles. The lowest BCUT2D eigenvalue weighted by Crippen LogP contribution is -2.38. The van der Waals surface area contributed by atoms with Crippen LogP contribution in [0.3, 0.4) is 0 Å². The second kappa shape index (κ2) is 6.53. The fourth-order valence-corrected chi connectivity index (χ4v) is 2.58. The summed E-state index contributed by atoms with van der Waals surface area (Å²) < 4.78 is 4.77. The monoisotopic (exact) mass is 256 g/mol. The van der Waals surface area contributed by atoms with E-state index in [9.17, 15) is 4.79 Å². The van der Waals surface area contributed by atoms with Gasteiger partial charge >= 0.3 is 5.97 Å². The number of nitrogens with one attached hydrogen (secondary N) is 1. The van der Waals surface area contributed by atoms with Crippen LogP contribution < -0.4 is 5.32 Å². The van der Waals surface area contributed by atoms with E-state index in [1.54, 1.807) is 0 Å². The van der Waals surface area contributed by atoms with Gasteiger partial charge in [-0.3, -0.25) is 4.79 Å². The van der Waals surface area contributed by atoms with Gasteiger partial charge < -0.3 is 15.0 Å². The van der Waals surface area contributed by atoms with Gasteiger partial charge in [0.2, 0.25) is 0 Å². The van der Waals surface area contributed by atoms with Gasteiger partial charge in [-0.2, -0.15) is 0 Å². The minimum Gasteiger partial charge on any atom is -0.468 e. The van der Waals surface area contributed by atoms with Crippen LogP contribution in [-0.2, 0) is 9.53 Å². The lowest BCUT2D eigenvalue weighted by molar-refractivity contribution is -0.143. The maximum atomic E-state index is 11.5. The van der Waals surface area contributed by atoms with Gasteiger partial charge in [0.1, 0.15) is 6.04 Å². The third-order valence-corrected chi connectivity index (χ3v) is 4.07. The van der Waals surface area contributed by atoms with Crippen LogP contribution in [0.25, 0.3) is 0 Å². The average Bonchev–Trinajstić information content (AvgIpc) is 2.78. The van der Waals surface area contributed by atoms with Crippen molar-refractivity contribution < 1.29 is 9.53 Å². The third kappa shape index (κ3) is 4.25. The van der Waals surface area contributed by atoms with Crippen LogP contribution in [-0.4, -0.2) is 50.7 Å². The van der Waals surface area contributed by atoms with Gasteiger partial charge in [0, 0.05) is 13.1 Å². The summed E-state index contributed by atoms with van der Waals surface area (Å²) in [7, 11) is 3.25. The number of nitrogens with zero attached hydrogens (tertiary/aromatic N) is 1. The normalized spacial score (nSPS) is 23.1. The number of esters is 1. The molecule has 1 saturated heterocycles. The number of hydrogen-bond acceptors (Lipinski definition) is 4. The summed E-state index contributed by atoms with van der Waals surface area (Å²) in [4.78, 5) is 13.9. The van der Waals surface area contributed by atoms with Crippen LogP contribution in [0.2, 0.25) is 0 Å². The van der Waals surface area contributed by atoms with Gasteiger partial charge in [0.25, 0.3) is 0 Å². The van der Waals surface area contributed by atoms with Crippen LogP contribution in [0.1, 0.15) is 33.6 Å². The molecule has 0 aromatic carbocycles. The molecule has 0 spiro atoms. The van der Waals surface area contributed by atoms with E-state index in [-0.39, 0.29) is 12.0 Å². The highest BCUT2D eigenvalue weighted by Gasteiger charge is 2.32. The number of likely N-dealkylation sites (N-methyl/N-ethyl adjacent to an activating group) is 1. The molecule has 4 nitrogen and oxygen atoms in total. The molecule has 2 atom stereocenters. The number of hydrogen-bond donors (Lipinski definition) is 1. The standard InChI is InChI=1S/C14H28N2O2/c1-14(2,3)11-6-8-16(10-11)9-7-12(15-4)13(17)18-5/h11-12,15H,6-10H2,1-5H3. The largest absolute Gasteiger partial charge is 0.468 e. The van der Waals surface area contributed by atoms with Crippen LogP contribution in [0, 0.1) is 11.3 Å². The molecule has 18 heavy (non-hydrogen) atoms. The summed E-state index contributed by atoms with van der Waals surface area (Å²) in [5.74, 6) is 0.604. The number of methoxy groups -OCH3 is 1. The summed E-state index contributed by atoms with van der Waals surface area (Å²) >= 11 is 0. The van der Waals surface area contributed by atoms with E-state index < -0.39 is 0 Å². The molecule has 0 aliphatic carbocycles. The van der Waals surface area contributed by atoms with Gasteiger partial charge in [-0.1, -0.05) is 20.8 Å². The zero-order valence-electron chi connectivity index (χ0n) is 12.5. The Balaban J connectivity index is 2.35. The van der Waals surface area contributed by atoms with Crippen LogP contribution in [0.4, 0.5) is 0 Å². The highest BCUT2D eigenvalue weighted by molar-refractivity contribution is 5.75. The topological polar surface area (TPSA) is 41.6 Å². The van der Waals surface area contributed by atoms with E-state index in [0.717, 1.165) is 32.0 Å². The number of rotatable bonds is 5. The highest BCUT2D eigenvalue weighted by Crippen LogP contribution is 2.33. The minimum atomic E-state index is -0.177. The average molecular weight is 256 g/mol. The van der Waals surface area contributed by atoms with Crippen molar-refractivity contribution in [3.8, 4) is 0 Å². The van der Waals surface area contributed by atoms with Crippen molar-refractivity contribution in [2.24, 2.45) is 11.3 Å². The van der Waals surface area contributed by atoms with E-state index in [1.807, 2.05) is 7.05 Å². The van der Waals surface area contributed by atoms with Crippen molar-refractivity contribution in [3.05, 3.63) is 0 Å². The van der Waals surface area contributed by atoms with E-state index in [4.69, 9.17) is 4.74 Å². The molecule has 1 rings (SSSR count). The molecule has 4 heteroatoms. The maximum absolute atomic E-state index is 11.5. The van der Waals surface area contributed by atoms with Gasteiger partial charge in [-0.15, -0.1) is 0 Å². The van der Waals surface area contributed by atoms with Crippen molar-refractivity contribution in [3.63, 3.8) is 0 Å². The molecule has 0 bridgehead atoms. The van der Waals surface area contributed by atoms with E-state index in [1.165, 1.54) is 13.5 Å². The number of ether oxygens (including phenoxy) is 1. The Labute approximate surface area is 111 Å². The minimum absolute atomic E-state index is 0.163. The number of carbonyl (C=O) groups is 1. The Morgan fingerprint density at radius 2 is 2.17 bits per heavy atom. The highest BCUT2D eigenvalue weighted by atomic mass is 16.5. The van der Waals surface area contributed by atoms with E-state index >= 15 is 0 Å². The summed E-state index contributed by atoms with van der Waals surface area (Å²) in [5, 5.41) is 3.02. The summed E-state index contributed by atoms with van der Waals surface area (Å²) in [6, 6.07) is -0.177. The molecule has 1 heterocycles. The molecule has 1 N–H and O–H groups in total. The predicted octanol–water partition coefficient (Wildman–Crippen LogP) is 1.51. The second-order valence-corrected chi connectivity index (χ2v) is 6.31. The van der Waals surface area contributed by atoms with Crippen molar-refractivity contribution in [1.29, 1.82) is 0 Å². The molecule has 106 valence electrons.